The van der Waals surface area contributed by atoms with Gasteiger partial charge < -0.3 is 10.5 Å². The predicted octanol–water partition coefficient (Wildman–Crippen LogP) is -0.264. The quantitative estimate of drug-likeness (QED) is 0.197. The molecule has 0 amide bonds. The smallest absolute Gasteiger partial charge is 0.173 e. The number of hydrogen-bond donors (Lipinski definition) is 2. The summed E-state index contributed by atoms with van der Waals surface area (Å²) >= 11 is 0. The lowest BCUT2D eigenvalue weighted by atomic mass is 10.4. The molecule has 0 aromatic carbocycles. The number of nitrogens with zero attached hydrogens (tertiary/aromatic N) is 5. The Hall–Kier alpha value is -0.890. The van der Waals surface area contributed by atoms with Crippen molar-refractivity contribution >= 4 is 0 Å². The van der Waals surface area contributed by atoms with Gasteiger partial charge in [-0.1, -0.05) is 0 Å². The van der Waals surface area contributed by atoms with E-state index in [4.69, 9.17) is 10.7 Å². The summed E-state index contributed by atoms with van der Waals surface area (Å²) in [6.45, 7) is 1.92. The van der Waals surface area contributed by atoms with Crippen molar-refractivity contribution in [3.8, 4) is 0 Å². The summed E-state index contributed by atoms with van der Waals surface area (Å²) in [7, 11) is 0. The van der Waals surface area contributed by atoms with E-state index in [2.05, 4.69) is 15.5 Å². The molecule has 12 heavy (non-hydrogen) atoms. The van der Waals surface area contributed by atoms with Crippen LogP contribution in [0.15, 0.2) is 5.22 Å². The highest BCUT2D eigenvalue weighted by Crippen LogP contribution is 2.08. The molecule has 1 heterocycles. The van der Waals surface area contributed by atoms with E-state index in [0.29, 0.717) is 26.2 Å². The number of rotatable bonds is 2. The number of hydrogen-bond acceptors (Lipinski definition) is 5. The van der Waals surface area contributed by atoms with Crippen LogP contribution in [0.25, 0.3) is 10.4 Å². The van der Waals surface area contributed by atoms with Crippen molar-refractivity contribution in [1.29, 1.82) is 0 Å². The molecule has 2 N–H and O–H groups in total. The van der Waals surface area contributed by atoms with Crippen molar-refractivity contribution in [2.45, 2.75) is 0 Å². The van der Waals surface area contributed by atoms with E-state index < -0.39 is 5.03 Å². The summed E-state index contributed by atoms with van der Waals surface area (Å²) in [6.07, 6.45) is 0. The van der Waals surface area contributed by atoms with Crippen LogP contribution in [-0.2, 0) is 0 Å². The van der Waals surface area contributed by atoms with Crippen LogP contribution in [-0.4, -0.2) is 41.4 Å². The highest BCUT2D eigenvalue weighted by molar-refractivity contribution is 4.59. The van der Waals surface area contributed by atoms with Gasteiger partial charge in [-0.2, -0.15) is 5.21 Å². The maximum atomic E-state index is 11.0. The van der Waals surface area contributed by atoms with Crippen molar-refractivity contribution in [2.75, 3.05) is 26.2 Å². The minimum Gasteiger partial charge on any atom is -0.562 e. The summed E-state index contributed by atoms with van der Waals surface area (Å²) in [4.78, 5) is 2.26. The number of quaternary nitrogens is 1. The first-order valence-electron chi connectivity index (χ1n) is 3.52. The van der Waals surface area contributed by atoms with Crippen LogP contribution in [0.1, 0.15) is 0 Å². The van der Waals surface area contributed by atoms with Crippen molar-refractivity contribution in [3.63, 3.8) is 0 Å². The molecule has 1 saturated heterocycles. The lowest BCUT2D eigenvalue weighted by Gasteiger charge is -2.37. The number of piperazine rings is 1. The Morgan fingerprint density at radius 1 is 1.58 bits per heavy atom. The zero-order valence-electron chi connectivity index (χ0n) is 6.42. The first kappa shape index (κ1) is 9.20. The van der Waals surface area contributed by atoms with E-state index in [1.54, 1.807) is 0 Å². The van der Waals surface area contributed by atoms with Gasteiger partial charge in [0, 0.05) is 18.6 Å². The Balaban J connectivity index is 2.59. The fourth-order valence-corrected chi connectivity index (χ4v) is 1.02. The first-order valence-corrected chi connectivity index (χ1v) is 3.52. The highest BCUT2D eigenvalue weighted by Gasteiger charge is 2.26. The molecule has 1 unspecified atom stereocenters. The molecule has 68 valence electrons. The second-order valence-corrected chi connectivity index (χ2v) is 2.40. The Kier molecular flexibility index (Phi) is 2.82. The minimum atomic E-state index is -1.99. The summed E-state index contributed by atoms with van der Waals surface area (Å²) in [6, 6.07) is 0. The SMILES string of the molecule is [N-]=[N+]=N[N+]([O-])(O)N1CCNCC1. The molecular weight excluding hydrogens is 164 g/mol. The van der Waals surface area contributed by atoms with Gasteiger partial charge in [-0.25, -0.2) is 0 Å². The molecular formula is C4H10N6O2. The van der Waals surface area contributed by atoms with E-state index in [-0.39, 0.29) is 0 Å². The van der Waals surface area contributed by atoms with Crippen LogP contribution in [0.3, 0.4) is 0 Å². The lowest BCUT2D eigenvalue weighted by molar-refractivity contribution is -1.16. The Morgan fingerprint density at radius 2 is 2.17 bits per heavy atom. The Labute approximate surface area is 68.7 Å². The molecule has 1 aliphatic rings. The first-order chi connectivity index (χ1) is 5.67. The summed E-state index contributed by atoms with van der Waals surface area (Å²) in [5, 5.41) is 24.8. The van der Waals surface area contributed by atoms with Gasteiger partial charge in [-0.15, -0.1) is 5.01 Å². The van der Waals surface area contributed by atoms with Crippen molar-refractivity contribution in [2.24, 2.45) is 5.22 Å². The summed E-state index contributed by atoms with van der Waals surface area (Å²) < 4.78 is 0. The monoisotopic (exact) mass is 174 g/mol. The third-order valence-electron chi connectivity index (χ3n) is 1.62. The van der Waals surface area contributed by atoms with Gasteiger partial charge in [-0.05, 0) is 5.03 Å². The average Bonchev–Trinajstić information content (AvgIpc) is 2.06. The van der Waals surface area contributed by atoms with Gasteiger partial charge in [0.15, 0.2) is 5.22 Å². The minimum absolute atomic E-state index is 0.360. The van der Waals surface area contributed by atoms with Crippen LogP contribution >= 0.6 is 0 Å². The normalized spacial score (nSPS) is 24.2. The standard InChI is InChI=1S/C4H10N6O2/c5-7-8-10(11,12)9-3-1-6-2-4-9/h6,11H,1-4H2. The van der Waals surface area contributed by atoms with Gasteiger partial charge >= 0.3 is 0 Å². The zero-order chi connectivity index (χ0) is 9.03. The fourth-order valence-electron chi connectivity index (χ4n) is 1.02. The van der Waals surface area contributed by atoms with E-state index in [9.17, 15) is 5.21 Å². The summed E-state index contributed by atoms with van der Waals surface area (Å²) in [5.74, 6) is 0. The second-order valence-electron chi connectivity index (χ2n) is 2.40. The van der Waals surface area contributed by atoms with Crippen LogP contribution < -0.4 is 5.32 Å². The van der Waals surface area contributed by atoms with Crippen LogP contribution in [0, 0.1) is 5.21 Å². The third kappa shape index (κ3) is 2.05. The summed E-state index contributed by atoms with van der Waals surface area (Å²) in [5.41, 5.74) is 7.97. The molecule has 0 bridgehead atoms. The number of azide groups is 1. The fraction of sp³-hybridized carbons (Fsp3) is 1.00. The van der Waals surface area contributed by atoms with Crippen LogP contribution in [0.4, 0.5) is 0 Å². The lowest BCUT2D eigenvalue weighted by Crippen LogP contribution is -2.57. The van der Waals surface area contributed by atoms with Gasteiger partial charge in [0.2, 0.25) is 0 Å². The molecule has 1 aliphatic heterocycles. The molecule has 1 fully saturated rings. The molecule has 0 aromatic heterocycles. The molecule has 8 heteroatoms. The average molecular weight is 174 g/mol. The third-order valence-corrected chi connectivity index (χ3v) is 1.62. The molecule has 0 aliphatic carbocycles. The zero-order valence-corrected chi connectivity index (χ0v) is 6.42. The largest absolute Gasteiger partial charge is 0.562 e. The molecule has 1 atom stereocenters. The topological polar surface area (TPSA) is 107 Å². The molecule has 0 spiro atoms. The highest BCUT2D eigenvalue weighted by atomic mass is 16.9. The van der Waals surface area contributed by atoms with E-state index in [0.717, 1.165) is 5.01 Å². The Morgan fingerprint density at radius 3 is 2.67 bits per heavy atom. The van der Waals surface area contributed by atoms with Crippen molar-refractivity contribution < 1.29 is 10.2 Å². The van der Waals surface area contributed by atoms with Crippen LogP contribution in [0.5, 0.6) is 0 Å². The van der Waals surface area contributed by atoms with Gasteiger partial charge in [-0.3, -0.25) is 0 Å². The predicted molar refractivity (Wildman–Crippen MR) is 39.0 cm³/mol. The van der Waals surface area contributed by atoms with Crippen molar-refractivity contribution in [1.82, 2.24) is 10.3 Å². The number of nitrogens with one attached hydrogen (secondary N) is 1. The Bertz CT molecular complexity index is 194. The second kappa shape index (κ2) is 3.68. The molecule has 0 radical (unpaired) electrons. The van der Waals surface area contributed by atoms with Gasteiger partial charge in [0.1, 0.15) is 0 Å². The van der Waals surface area contributed by atoms with E-state index >= 15 is 0 Å². The molecule has 0 aromatic rings. The maximum Gasteiger partial charge on any atom is 0.173 e. The van der Waals surface area contributed by atoms with Gasteiger partial charge in [0.05, 0.1) is 18.0 Å². The maximum absolute atomic E-state index is 11.0. The van der Waals surface area contributed by atoms with Gasteiger partial charge in [0.25, 0.3) is 0 Å². The molecule has 0 saturated carbocycles. The van der Waals surface area contributed by atoms with E-state index in [1.807, 2.05) is 0 Å². The van der Waals surface area contributed by atoms with Crippen molar-refractivity contribution in [3.05, 3.63) is 15.7 Å². The van der Waals surface area contributed by atoms with Crippen LogP contribution in [0.2, 0.25) is 0 Å². The van der Waals surface area contributed by atoms with E-state index in [1.165, 1.54) is 0 Å². The molecule has 1 rings (SSSR count). The molecule has 8 nitrogen and oxygen atoms in total.